The fourth-order valence-corrected chi connectivity index (χ4v) is 7.06. The van der Waals surface area contributed by atoms with Crippen molar-refractivity contribution < 1.29 is 9.47 Å². The van der Waals surface area contributed by atoms with Gasteiger partial charge in [-0.15, -0.1) is 0 Å². The Morgan fingerprint density at radius 1 is 1.31 bits per heavy atom. The summed E-state index contributed by atoms with van der Waals surface area (Å²) in [6.07, 6.45) is 7.31. The number of methoxy groups -OCH3 is 1. The maximum absolute atomic E-state index is 6.18. The highest BCUT2D eigenvalue weighted by molar-refractivity contribution is 9.10. The zero-order valence-electron chi connectivity index (χ0n) is 15.8. The number of amidine groups is 1. The van der Waals surface area contributed by atoms with E-state index in [9.17, 15) is 0 Å². The lowest BCUT2D eigenvalue weighted by Gasteiger charge is -2.54. The third kappa shape index (κ3) is 1.94. The van der Waals surface area contributed by atoms with E-state index in [1.165, 1.54) is 24.0 Å². The van der Waals surface area contributed by atoms with Gasteiger partial charge in [-0.25, -0.2) is 4.99 Å². The Morgan fingerprint density at radius 3 is 2.69 bits per heavy atom. The number of hydrogen-bond donors (Lipinski definition) is 1. The second-order valence-corrected chi connectivity index (χ2v) is 10.2. The van der Waals surface area contributed by atoms with Crippen LogP contribution in [0.3, 0.4) is 0 Å². The lowest BCUT2D eigenvalue weighted by atomic mass is 9.44. The molecule has 2 saturated carbocycles. The molecule has 0 amide bonds. The Morgan fingerprint density at radius 2 is 2.08 bits per heavy atom. The Labute approximate surface area is 165 Å². The van der Waals surface area contributed by atoms with Crippen molar-refractivity contribution in [2.24, 2.45) is 21.6 Å². The van der Waals surface area contributed by atoms with Gasteiger partial charge in [-0.05, 0) is 67.2 Å². The van der Waals surface area contributed by atoms with Crippen LogP contribution in [0.25, 0.3) is 0 Å². The lowest BCUT2D eigenvalue weighted by molar-refractivity contribution is -0.0719. The standard InChI is InChI=1S/C19H25B2BrN2O2/c1-25-14-4-5-17(10-16(14)6-7-16)9-11-2-3-12(22)8-13(11)18(17)19(20,21)26-15(23)24-18/h2-3,8,14H,4-7,9-10,20-21H2,1H3,(H2,23,24)/t14-,17+,18?/m1/s1. The van der Waals surface area contributed by atoms with Crippen molar-refractivity contribution in [2.45, 2.75) is 55.6 Å². The van der Waals surface area contributed by atoms with Crippen LogP contribution in [0.2, 0.25) is 0 Å². The summed E-state index contributed by atoms with van der Waals surface area (Å²) in [7, 11) is 6.20. The van der Waals surface area contributed by atoms with Gasteiger partial charge in [0.1, 0.15) is 5.54 Å². The fourth-order valence-electron chi connectivity index (χ4n) is 6.69. The van der Waals surface area contributed by atoms with Crippen molar-refractivity contribution in [3.63, 3.8) is 0 Å². The molecule has 2 fully saturated rings. The van der Waals surface area contributed by atoms with Crippen LogP contribution < -0.4 is 5.73 Å². The van der Waals surface area contributed by atoms with Crippen LogP contribution in [-0.2, 0) is 21.4 Å². The maximum Gasteiger partial charge on any atom is 0.282 e. The number of aliphatic imine (C=N–C) groups is 1. The van der Waals surface area contributed by atoms with Crippen molar-refractivity contribution in [3.8, 4) is 0 Å². The zero-order valence-corrected chi connectivity index (χ0v) is 17.4. The van der Waals surface area contributed by atoms with Gasteiger partial charge in [-0.1, -0.05) is 22.0 Å². The summed E-state index contributed by atoms with van der Waals surface area (Å²) >= 11 is 3.68. The van der Waals surface area contributed by atoms with Crippen molar-refractivity contribution >= 4 is 37.6 Å². The Balaban J connectivity index is 1.72. The van der Waals surface area contributed by atoms with Gasteiger partial charge in [0, 0.05) is 17.0 Å². The molecule has 1 aromatic rings. The molecular weight excluding hydrogens is 390 g/mol. The highest BCUT2D eigenvalue weighted by Crippen LogP contribution is 2.71. The van der Waals surface area contributed by atoms with Crippen molar-refractivity contribution in [1.82, 2.24) is 0 Å². The number of halogens is 1. The first-order chi connectivity index (χ1) is 12.3. The Bertz CT molecular complexity index is 826. The molecule has 1 aliphatic heterocycles. The van der Waals surface area contributed by atoms with E-state index < -0.39 is 10.9 Å². The maximum atomic E-state index is 6.18. The minimum Gasteiger partial charge on any atom is -0.475 e. The number of rotatable bonds is 1. The summed E-state index contributed by atoms with van der Waals surface area (Å²) in [5.41, 5.74) is 8.82. The first-order valence-electron chi connectivity index (χ1n) is 9.64. The van der Waals surface area contributed by atoms with Crippen LogP contribution in [0.1, 0.15) is 43.2 Å². The van der Waals surface area contributed by atoms with Crippen LogP contribution in [0.5, 0.6) is 0 Å². The van der Waals surface area contributed by atoms with Crippen LogP contribution in [-0.4, -0.2) is 40.3 Å². The van der Waals surface area contributed by atoms with E-state index in [2.05, 4.69) is 49.8 Å². The first-order valence-corrected chi connectivity index (χ1v) is 10.4. The van der Waals surface area contributed by atoms with Gasteiger partial charge in [0.2, 0.25) is 0 Å². The summed E-state index contributed by atoms with van der Waals surface area (Å²) in [4.78, 5) is 5.09. The molecule has 0 radical (unpaired) electrons. The number of nitrogens with zero attached hydrogens (tertiary/aromatic N) is 1. The van der Waals surface area contributed by atoms with Crippen molar-refractivity contribution in [1.29, 1.82) is 0 Å². The molecule has 0 bridgehead atoms. The molecule has 136 valence electrons. The molecule has 26 heavy (non-hydrogen) atoms. The van der Waals surface area contributed by atoms with Gasteiger partial charge in [0.05, 0.1) is 11.5 Å². The average molecular weight is 415 g/mol. The largest absolute Gasteiger partial charge is 0.475 e. The number of nitrogens with two attached hydrogens (primary N) is 1. The van der Waals surface area contributed by atoms with Crippen LogP contribution >= 0.6 is 15.9 Å². The smallest absolute Gasteiger partial charge is 0.282 e. The Hall–Kier alpha value is -0.940. The molecule has 1 aromatic carbocycles. The summed E-state index contributed by atoms with van der Waals surface area (Å²) in [5, 5.41) is -0.459. The third-order valence-electron chi connectivity index (χ3n) is 7.70. The second kappa shape index (κ2) is 5.11. The van der Waals surface area contributed by atoms with Gasteiger partial charge in [0.25, 0.3) is 6.02 Å². The molecule has 0 saturated heterocycles. The fraction of sp³-hybridized carbons (Fsp3) is 0.632. The molecular formula is C19H25B2BrN2O2. The second-order valence-electron chi connectivity index (χ2n) is 9.33. The van der Waals surface area contributed by atoms with Crippen LogP contribution in [0.4, 0.5) is 0 Å². The minimum atomic E-state index is -0.459. The summed E-state index contributed by atoms with van der Waals surface area (Å²) in [5.74, 6) is 0. The molecule has 7 heteroatoms. The highest BCUT2D eigenvalue weighted by atomic mass is 79.9. The number of fused-ring (bicyclic) bond motifs is 3. The number of benzene rings is 1. The normalized spacial score (nSPS) is 38.4. The van der Waals surface area contributed by atoms with Crippen LogP contribution in [0, 0.1) is 10.8 Å². The van der Waals surface area contributed by atoms with Crippen molar-refractivity contribution in [3.05, 3.63) is 33.8 Å². The molecule has 0 aromatic heterocycles. The van der Waals surface area contributed by atoms with E-state index in [1.54, 1.807) is 0 Å². The molecule has 1 heterocycles. The van der Waals surface area contributed by atoms with E-state index in [0.29, 0.717) is 17.5 Å². The van der Waals surface area contributed by atoms with Crippen molar-refractivity contribution in [2.75, 3.05) is 7.11 Å². The van der Waals surface area contributed by atoms with Gasteiger partial charge < -0.3 is 15.2 Å². The van der Waals surface area contributed by atoms with E-state index >= 15 is 0 Å². The quantitative estimate of drug-likeness (QED) is 0.707. The highest BCUT2D eigenvalue weighted by Gasteiger charge is 2.72. The molecule has 1 unspecified atom stereocenters. The van der Waals surface area contributed by atoms with E-state index in [-0.39, 0.29) is 5.41 Å². The molecule has 3 aliphatic carbocycles. The monoisotopic (exact) mass is 414 g/mol. The Kier molecular flexibility index (Phi) is 3.37. The number of hydrogen-bond acceptors (Lipinski definition) is 4. The molecule has 3 spiro atoms. The molecule has 4 aliphatic rings. The van der Waals surface area contributed by atoms with Gasteiger partial charge in [-0.3, -0.25) is 0 Å². The zero-order chi connectivity index (χ0) is 18.4. The predicted octanol–water partition coefficient (Wildman–Crippen LogP) is 1.43. The molecule has 3 atom stereocenters. The van der Waals surface area contributed by atoms with Gasteiger partial charge in [0.15, 0.2) is 15.7 Å². The molecule has 2 N–H and O–H groups in total. The third-order valence-corrected chi connectivity index (χ3v) is 8.20. The molecule has 4 nitrogen and oxygen atoms in total. The number of ether oxygens (including phenoxy) is 2. The van der Waals surface area contributed by atoms with E-state index in [0.717, 1.165) is 30.2 Å². The minimum absolute atomic E-state index is 0.0479. The van der Waals surface area contributed by atoms with Crippen LogP contribution in [0.15, 0.2) is 27.7 Å². The first kappa shape index (κ1) is 17.2. The summed E-state index contributed by atoms with van der Waals surface area (Å²) in [6.45, 7) is 0. The topological polar surface area (TPSA) is 56.8 Å². The predicted molar refractivity (Wildman–Crippen MR) is 111 cm³/mol. The summed E-state index contributed by atoms with van der Waals surface area (Å²) in [6, 6.07) is 6.99. The SMILES string of the molecule is BC1(B)OC(N)=NC12c1cc(Br)ccc1C[C@]21CC[C@@H](OC)C2(CC2)C1. The van der Waals surface area contributed by atoms with Gasteiger partial charge in [-0.2, -0.15) is 0 Å². The van der Waals surface area contributed by atoms with E-state index in [1.807, 2.05) is 7.11 Å². The van der Waals surface area contributed by atoms with E-state index in [4.69, 9.17) is 20.2 Å². The lowest BCUT2D eigenvalue weighted by Crippen LogP contribution is -2.60. The summed E-state index contributed by atoms with van der Waals surface area (Å²) < 4.78 is 13.1. The van der Waals surface area contributed by atoms with Gasteiger partial charge >= 0.3 is 0 Å². The average Bonchev–Trinajstić information content (AvgIpc) is 3.20. The molecule has 5 rings (SSSR count).